The number of fused-ring (bicyclic) bond motifs is 1. The van der Waals surface area contributed by atoms with Crippen molar-refractivity contribution in [2.24, 2.45) is 7.05 Å². The van der Waals surface area contributed by atoms with Gasteiger partial charge in [-0.3, -0.25) is 20.3 Å². The van der Waals surface area contributed by atoms with Gasteiger partial charge in [-0.05, 0) is 19.1 Å². The molecular formula is C17H16N4O5S. The number of aromatic nitrogens is 1. The molecule has 3 rings (SSSR count). The van der Waals surface area contributed by atoms with Crippen LogP contribution in [0.5, 0.6) is 0 Å². The van der Waals surface area contributed by atoms with Crippen LogP contribution >= 0.6 is 0 Å². The Bertz CT molecular complexity index is 1170. The van der Waals surface area contributed by atoms with E-state index >= 15 is 0 Å². The van der Waals surface area contributed by atoms with Gasteiger partial charge in [0.25, 0.3) is 21.6 Å². The zero-order valence-electron chi connectivity index (χ0n) is 14.5. The molecule has 140 valence electrons. The number of hydrazine groups is 1. The monoisotopic (exact) mass is 388 g/mol. The standard InChI is InChI=1S/C17H16N4O5S/c1-11-14(21(23)24)8-5-9-16(11)27(25,26)19-18-17(22)13-10-20(2)15-7-4-3-6-12(13)15/h3-10,19H,1-2H3,(H,18,22). The first kappa shape index (κ1) is 18.5. The first-order valence-corrected chi connectivity index (χ1v) is 9.31. The number of carbonyl (C=O) groups excluding carboxylic acids is 1. The van der Waals surface area contributed by atoms with Crippen molar-refractivity contribution in [3.63, 3.8) is 0 Å². The molecule has 0 spiro atoms. The van der Waals surface area contributed by atoms with Crippen molar-refractivity contribution >= 4 is 32.5 Å². The van der Waals surface area contributed by atoms with E-state index in [1.807, 2.05) is 17.0 Å². The van der Waals surface area contributed by atoms with Gasteiger partial charge in [0.1, 0.15) is 0 Å². The SMILES string of the molecule is Cc1c([N+](=O)[O-])cccc1S(=O)(=O)NNC(=O)c1cn(C)c2ccccc12. The quantitative estimate of drug-likeness (QED) is 0.511. The zero-order chi connectivity index (χ0) is 19.8. The number of aryl methyl sites for hydroxylation is 1. The van der Waals surface area contributed by atoms with Crippen molar-refractivity contribution in [1.82, 2.24) is 14.8 Å². The first-order valence-electron chi connectivity index (χ1n) is 7.82. The number of sulfonamides is 1. The Morgan fingerprint density at radius 2 is 1.85 bits per heavy atom. The van der Waals surface area contributed by atoms with Crippen molar-refractivity contribution < 1.29 is 18.1 Å². The summed E-state index contributed by atoms with van der Waals surface area (Å²) < 4.78 is 26.7. The minimum Gasteiger partial charge on any atom is -0.350 e. The van der Waals surface area contributed by atoms with Gasteiger partial charge >= 0.3 is 0 Å². The Morgan fingerprint density at radius 1 is 1.15 bits per heavy atom. The Hall–Kier alpha value is -3.24. The Balaban J connectivity index is 1.86. The molecule has 9 nitrogen and oxygen atoms in total. The molecule has 1 amide bonds. The smallest absolute Gasteiger partial charge is 0.273 e. The Labute approximate surface area is 154 Å². The molecule has 0 saturated carbocycles. The average molecular weight is 388 g/mol. The van der Waals surface area contributed by atoms with Crippen LogP contribution in [0.2, 0.25) is 0 Å². The largest absolute Gasteiger partial charge is 0.350 e. The van der Waals surface area contributed by atoms with Crippen LogP contribution in [-0.2, 0) is 17.1 Å². The van der Waals surface area contributed by atoms with Gasteiger partial charge in [0.15, 0.2) is 0 Å². The topological polar surface area (TPSA) is 123 Å². The van der Waals surface area contributed by atoms with E-state index in [9.17, 15) is 23.3 Å². The summed E-state index contributed by atoms with van der Waals surface area (Å²) in [6.07, 6.45) is 1.59. The van der Waals surface area contributed by atoms with Crippen LogP contribution in [0.25, 0.3) is 10.9 Å². The second-order valence-electron chi connectivity index (χ2n) is 5.89. The lowest BCUT2D eigenvalue weighted by Crippen LogP contribution is -2.41. The Morgan fingerprint density at radius 3 is 2.56 bits per heavy atom. The summed E-state index contributed by atoms with van der Waals surface area (Å²) in [5, 5.41) is 11.7. The highest BCUT2D eigenvalue weighted by atomic mass is 32.2. The molecule has 2 aromatic carbocycles. The molecule has 0 aliphatic carbocycles. The predicted octanol–water partition coefficient (Wildman–Crippen LogP) is 2.02. The summed E-state index contributed by atoms with van der Waals surface area (Å²) in [4.78, 5) is 24.5. The van der Waals surface area contributed by atoms with Crippen molar-refractivity contribution in [2.45, 2.75) is 11.8 Å². The van der Waals surface area contributed by atoms with Gasteiger partial charge in [0.2, 0.25) is 0 Å². The van der Waals surface area contributed by atoms with Crippen LogP contribution in [0.4, 0.5) is 5.69 Å². The van der Waals surface area contributed by atoms with Gasteiger partial charge in [-0.15, -0.1) is 4.83 Å². The molecule has 0 aliphatic heterocycles. The molecule has 1 aromatic heterocycles. The normalized spacial score (nSPS) is 11.5. The van der Waals surface area contributed by atoms with E-state index in [2.05, 4.69) is 5.43 Å². The highest BCUT2D eigenvalue weighted by molar-refractivity contribution is 7.89. The number of para-hydroxylation sites is 1. The third-order valence-corrected chi connectivity index (χ3v) is 5.57. The summed E-state index contributed by atoms with van der Waals surface area (Å²) >= 11 is 0. The lowest BCUT2D eigenvalue weighted by molar-refractivity contribution is -0.385. The third-order valence-electron chi connectivity index (χ3n) is 4.18. The average Bonchev–Trinajstić information content (AvgIpc) is 2.97. The van der Waals surface area contributed by atoms with Gasteiger partial charge in [-0.1, -0.05) is 24.3 Å². The molecule has 10 heteroatoms. The molecule has 0 saturated heterocycles. The van der Waals surface area contributed by atoms with E-state index in [0.717, 1.165) is 5.52 Å². The van der Waals surface area contributed by atoms with E-state index in [-0.39, 0.29) is 16.1 Å². The zero-order valence-corrected chi connectivity index (χ0v) is 15.3. The fourth-order valence-electron chi connectivity index (χ4n) is 2.85. The number of nitro groups is 1. The second-order valence-corrected chi connectivity index (χ2v) is 7.54. The van der Waals surface area contributed by atoms with E-state index in [0.29, 0.717) is 10.9 Å². The molecule has 0 aliphatic rings. The number of carbonyl (C=O) groups is 1. The molecule has 2 N–H and O–H groups in total. The maximum Gasteiger partial charge on any atom is 0.273 e. The summed E-state index contributed by atoms with van der Waals surface area (Å²) in [6.45, 7) is 1.33. The van der Waals surface area contributed by atoms with Crippen molar-refractivity contribution in [3.8, 4) is 0 Å². The van der Waals surface area contributed by atoms with Crippen molar-refractivity contribution in [2.75, 3.05) is 0 Å². The minimum atomic E-state index is -4.19. The second kappa shape index (κ2) is 6.82. The van der Waals surface area contributed by atoms with Gasteiger partial charge in [0, 0.05) is 35.8 Å². The summed E-state index contributed by atoms with van der Waals surface area (Å²) in [5.41, 5.74) is 2.94. The number of amides is 1. The number of nitrogens with one attached hydrogen (secondary N) is 2. The molecule has 0 bridgehead atoms. The van der Waals surface area contributed by atoms with E-state index in [1.54, 1.807) is 29.9 Å². The van der Waals surface area contributed by atoms with Crippen molar-refractivity contribution in [3.05, 3.63) is 69.9 Å². The predicted molar refractivity (Wildman–Crippen MR) is 98.5 cm³/mol. The molecule has 0 atom stereocenters. The molecule has 0 radical (unpaired) electrons. The van der Waals surface area contributed by atoms with Crippen LogP contribution in [0.15, 0.2) is 53.6 Å². The van der Waals surface area contributed by atoms with Crippen molar-refractivity contribution in [1.29, 1.82) is 0 Å². The molecule has 0 fully saturated rings. The van der Waals surface area contributed by atoms with E-state index in [1.165, 1.54) is 25.1 Å². The number of nitro benzene ring substituents is 1. The maximum absolute atomic E-state index is 12.5. The van der Waals surface area contributed by atoms with Gasteiger partial charge < -0.3 is 4.57 Å². The van der Waals surface area contributed by atoms with E-state index in [4.69, 9.17) is 0 Å². The van der Waals surface area contributed by atoms with Crippen LogP contribution in [0, 0.1) is 17.0 Å². The number of nitrogens with zero attached hydrogens (tertiary/aromatic N) is 2. The summed E-state index contributed by atoms with van der Waals surface area (Å²) in [7, 11) is -2.42. The van der Waals surface area contributed by atoms with Crippen LogP contribution in [0.3, 0.4) is 0 Å². The number of benzene rings is 2. The first-order chi connectivity index (χ1) is 12.7. The molecule has 27 heavy (non-hydrogen) atoms. The number of hydrogen-bond donors (Lipinski definition) is 2. The lowest BCUT2D eigenvalue weighted by atomic mass is 10.2. The molecule has 1 heterocycles. The fourth-order valence-corrected chi connectivity index (χ4v) is 3.95. The molecular weight excluding hydrogens is 372 g/mol. The lowest BCUT2D eigenvalue weighted by Gasteiger charge is -2.10. The maximum atomic E-state index is 12.5. The van der Waals surface area contributed by atoms with Crippen LogP contribution in [0.1, 0.15) is 15.9 Å². The molecule has 0 unspecified atom stereocenters. The number of hydrogen-bond acceptors (Lipinski definition) is 5. The highest BCUT2D eigenvalue weighted by Gasteiger charge is 2.24. The number of rotatable bonds is 5. The van der Waals surface area contributed by atoms with Crippen LogP contribution in [-0.4, -0.2) is 23.8 Å². The third kappa shape index (κ3) is 3.39. The minimum absolute atomic E-state index is 0.0191. The summed E-state index contributed by atoms with van der Waals surface area (Å²) in [6, 6.07) is 10.9. The van der Waals surface area contributed by atoms with Gasteiger partial charge in [-0.2, -0.15) is 0 Å². The van der Waals surface area contributed by atoms with Gasteiger partial charge in [-0.25, -0.2) is 8.42 Å². The fraction of sp³-hybridized carbons (Fsp3) is 0.118. The highest BCUT2D eigenvalue weighted by Crippen LogP contribution is 2.24. The Kier molecular flexibility index (Phi) is 4.68. The van der Waals surface area contributed by atoms with E-state index < -0.39 is 20.9 Å². The van der Waals surface area contributed by atoms with Gasteiger partial charge in [0.05, 0.1) is 15.4 Å². The summed E-state index contributed by atoms with van der Waals surface area (Å²) in [5.74, 6) is -0.640. The van der Waals surface area contributed by atoms with Crippen LogP contribution < -0.4 is 10.3 Å². The molecule has 3 aromatic rings.